The third-order valence-corrected chi connectivity index (χ3v) is 5.56. The first-order valence-corrected chi connectivity index (χ1v) is 9.52. The highest BCUT2D eigenvalue weighted by molar-refractivity contribution is 6.30. The third kappa shape index (κ3) is 5.18. The molecule has 1 aromatic carbocycles. The average molecular weight is 336 g/mol. The number of hydrogen-bond acceptors (Lipinski definition) is 3. The lowest BCUT2D eigenvalue weighted by Crippen LogP contribution is -2.49. The van der Waals surface area contributed by atoms with Gasteiger partial charge in [0.2, 0.25) is 0 Å². The van der Waals surface area contributed by atoms with Crippen molar-refractivity contribution in [2.45, 2.75) is 26.3 Å². The van der Waals surface area contributed by atoms with Gasteiger partial charge in [-0.3, -0.25) is 4.90 Å². The number of rotatable bonds is 5. The van der Waals surface area contributed by atoms with Gasteiger partial charge in [0, 0.05) is 50.8 Å². The van der Waals surface area contributed by atoms with E-state index in [4.69, 9.17) is 11.6 Å². The summed E-state index contributed by atoms with van der Waals surface area (Å²) in [6, 6.07) is 8.28. The molecule has 0 aromatic heterocycles. The average Bonchev–Trinajstić information content (AvgIpc) is 2.57. The molecule has 0 saturated carbocycles. The van der Waals surface area contributed by atoms with Crippen molar-refractivity contribution in [3.8, 4) is 0 Å². The van der Waals surface area contributed by atoms with Crippen molar-refractivity contribution in [3.05, 3.63) is 34.9 Å². The first kappa shape index (κ1) is 17.2. The van der Waals surface area contributed by atoms with Gasteiger partial charge in [-0.25, -0.2) is 0 Å². The molecule has 1 atom stereocenters. The summed E-state index contributed by atoms with van der Waals surface area (Å²) in [7, 11) is 0. The minimum Gasteiger partial charge on any atom is -0.303 e. The third-order valence-electron chi connectivity index (χ3n) is 5.33. The standard InChI is InChI=1S/C19H30ClN3/c1-2-21-8-4-6-18(15-21)16-23-11-9-22(10-12-23)14-17-5-3-7-19(20)13-17/h3,5,7,13,18H,2,4,6,8-12,14-16H2,1H3. The lowest BCUT2D eigenvalue weighted by Gasteiger charge is -2.39. The van der Waals surface area contributed by atoms with Crippen LogP contribution in [0.15, 0.2) is 24.3 Å². The zero-order valence-electron chi connectivity index (χ0n) is 14.4. The summed E-state index contributed by atoms with van der Waals surface area (Å²) in [6.45, 7) is 13.2. The Bertz CT molecular complexity index is 485. The zero-order chi connectivity index (χ0) is 16.1. The molecule has 2 saturated heterocycles. The molecular weight excluding hydrogens is 306 g/mol. The number of piperidine rings is 1. The van der Waals surface area contributed by atoms with Gasteiger partial charge < -0.3 is 9.80 Å². The van der Waals surface area contributed by atoms with Crippen LogP contribution in [0.4, 0.5) is 0 Å². The van der Waals surface area contributed by atoms with E-state index in [0.717, 1.165) is 17.5 Å². The van der Waals surface area contributed by atoms with Gasteiger partial charge in [-0.1, -0.05) is 30.7 Å². The van der Waals surface area contributed by atoms with Gasteiger partial charge in [0.25, 0.3) is 0 Å². The van der Waals surface area contributed by atoms with Crippen molar-refractivity contribution in [2.75, 3.05) is 52.4 Å². The van der Waals surface area contributed by atoms with Crippen LogP contribution in [0.1, 0.15) is 25.3 Å². The molecule has 3 nitrogen and oxygen atoms in total. The molecule has 0 aliphatic carbocycles. The maximum Gasteiger partial charge on any atom is 0.0409 e. The van der Waals surface area contributed by atoms with Gasteiger partial charge in [-0.05, 0) is 49.5 Å². The van der Waals surface area contributed by atoms with Crippen molar-refractivity contribution < 1.29 is 0 Å². The van der Waals surface area contributed by atoms with Crippen LogP contribution in [0, 0.1) is 5.92 Å². The van der Waals surface area contributed by atoms with Crippen molar-refractivity contribution >= 4 is 11.6 Å². The Balaban J connectivity index is 1.41. The van der Waals surface area contributed by atoms with Crippen LogP contribution in [0.2, 0.25) is 5.02 Å². The molecule has 0 N–H and O–H groups in total. The van der Waals surface area contributed by atoms with Crippen molar-refractivity contribution in [1.82, 2.24) is 14.7 Å². The fourth-order valence-electron chi connectivity index (χ4n) is 3.98. The van der Waals surface area contributed by atoms with E-state index < -0.39 is 0 Å². The molecule has 2 heterocycles. The van der Waals surface area contributed by atoms with Crippen LogP contribution < -0.4 is 0 Å². The predicted octanol–water partition coefficient (Wildman–Crippen LogP) is 3.19. The molecule has 0 bridgehead atoms. The van der Waals surface area contributed by atoms with Gasteiger partial charge in [0.1, 0.15) is 0 Å². The second kappa shape index (κ2) is 8.48. The normalized spacial score (nSPS) is 24.9. The minimum atomic E-state index is 0.846. The van der Waals surface area contributed by atoms with Gasteiger partial charge in [0.05, 0.1) is 0 Å². The second-order valence-corrected chi connectivity index (χ2v) is 7.54. The number of halogens is 1. The molecule has 0 spiro atoms. The summed E-state index contributed by atoms with van der Waals surface area (Å²) in [5.74, 6) is 0.878. The lowest BCUT2D eigenvalue weighted by atomic mass is 9.97. The molecule has 2 aliphatic rings. The number of likely N-dealkylation sites (tertiary alicyclic amines) is 1. The van der Waals surface area contributed by atoms with E-state index in [-0.39, 0.29) is 0 Å². The molecule has 0 amide bonds. The Kier molecular flexibility index (Phi) is 6.35. The monoisotopic (exact) mass is 335 g/mol. The highest BCUT2D eigenvalue weighted by Gasteiger charge is 2.23. The number of benzene rings is 1. The van der Waals surface area contributed by atoms with Gasteiger partial charge in [-0.15, -0.1) is 0 Å². The van der Waals surface area contributed by atoms with Gasteiger partial charge in [-0.2, -0.15) is 0 Å². The van der Waals surface area contributed by atoms with Crippen LogP contribution in [0.3, 0.4) is 0 Å². The largest absolute Gasteiger partial charge is 0.303 e. The fraction of sp³-hybridized carbons (Fsp3) is 0.684. The smallest absolute Gasteiger partial charge is 0.0409 e. The van der Waals surface area contributed by atoms with E-state index in [1.165, 1.54) is 70.8 Å². The summed E-state index contributed by atoms with van der Waals surface area (Å²) < 4.78 is 0. The van der Waals surface area contributed by atoms with E-state index in [2.05, 4.69) is 39.8 Å². The Morgan fingerprint density at radius 2 is 1.83 bits per heavy atom. The molecule has 4 heteroatoms. The molecule has 3 rings (SSSR count). The lowest BCUT2D eigenvalue weighted by molar-refractivity contribution is 0.0883. The molecule has 2 aliphatic heterocycles. The second-order valence-electron chi connectivity index (χ2n) is 7.11. The maximum atomic E-state index is 6.09. The van der Waals surface area contributed by atoms with E-state index in [9.17, 15) is 0 Å². The quantitative estimate of drug-likeness (QED) is 0.818. The first-order chi connectivity index (χ1) is 11.2. The Morgan fingerprint density at radius 3 is 2.57 bits per heavy atom. The minimum absolute atomic E-state index is 0.846. The van der Waals surface area contributed by atoms with Crippen molar-refractivity contribution in [1.29, 1.82) is 0 Å². The Morgan fingerprint density at radius 1 is 1.04 bits per heavy atom. The molecule has 1 aromatic rings. The van der Waals surface area contributed by atoms with Crippen LogP contribution >= 0.6 is 11.6 Å². The number of nitrogens with zero attached hydrogens (tertiary/aromatic N) is 3. The summed E-state index contributed by atoms with van der Waals surface area (Å²) in [5.41, 5.74) is 1.33. The summed E-state index contributed by atoms with van der Waals surface area (Å²) in [4.78, 5) is 7.85. The van der Waals surface area contributed by atoms with E-state index in [1.807, 2.05) is 6.07 Å². The summed E-state index contributed by atoms with van der Waals surface area (Å²) in [6.07, 6.45) is 2.80. The van der Waals surface area contributed by atoms with Crippen molar-refractivity contribution in [3.63, 3.8) is 0 Å². The van der Waals surface area contributed by atoms with E-state index in [1.54, 1.807) is 0 Å². The van der Waals surface area contributed by atoms with Crippen LogP contribution in [-0.4, -0.2) is 67.1 Å². The first-order valence-electron chi connectivity index (χ1n) is 9.14. The van der Waals surface area contributed by atoms with Gasteiger partial charge in [0.15, 0.2) is 0 Å². The van der Waals surface area contributed by atoms with Crippen LogP contribution in [0.5, 0.6) is 0 Å². The predicted molar refractivity (Wildman–Crippen MR) is 98.0 cm³/mol. The van der Waals surface area contributed by atoms with Crippen LogP contribution in [0.25, 0.3) is 0 Å². The Labute approximate surface area is 146 Å². The Hall–Kier alpha value is -0.610. The molecular formula is C19H30ClN3. The van der Waals surface area contributed by atoms with Crippen molar-refractivity contribution in [2.24, 2.45) is 5.92 Å². The fourth-order valence-corrected chi connectivity index (χ4v) is 4.19. The number of hydrogen-bond donors (Lipinski definition) is 0. The zero-order valence-corrected chi connectivity index (χ0v) is 15.1. The summed E-state index contributed by atoms with van der Waals surface area (Å²) >= 11 is 6.09. The van der Waals surface area contributed by atoms with Gasteiger partial charge >= 0.3 is 0 Å². The highest BCUT2D eigenvalue weighted by Crippen LogP contribution is 2.19. The molecule has 23 heavy (non-hydrogen) atoms. The number of piperazine rings is 1. The summed E-state index contributed by atoms with van der Waals surface area (Å²) in [5, 5.41) is 0.846. The maximum absolute atomic E-state index is 6.09. The molecule has 2 fully saturated rings. The van der Waals surface area contributed by atoms with E-state index in [0.29, 0.717) is 0 Å². The molecule has 1 unspecified atom stereocenters. The highest BCUT2D eigenvalue weighted by atomic mass is 35.5. The molecule has 0 radical (unpaired) electrons. The van der Waals surface area contributed by atoms with E-state index >= 15 is 0 Å². The molecule has 128 valence electrons. The topological polar surface area (TPSA) is 9.72 Å². The SMILES string of the molecule is CCN1CCCC(CN2CCN(Cc3cccc(Cl)c3)CC2)C1. The van der Waals surface area contributed by atoms with Crippen LogP contribution in [-0.2, 0) is 6.54 Å².